The van der Waals surface area contributed by atoms with Crippen LogP contribution in [0.2, 0.25) is 0 Å². The van der Waals surface area contributed by atoms with Crippen molar-refractivity contribution in [1.29, 1.82) is 0 Å². The smallest absolute Gasteiger partial charge is 0.0844 e. The molecule has 0 bridgehead atoms. The van der Waals surface area contributed by atoms with Crippen molar-refractivity contribution in [3.8, 4) is 0 Å². The van der Waals surface area contributed by atoms with Crippen LogP contribution < -0.4 is 0 Å². The summed E-state index contributed by atoms with van der Waals surface area (Å²) < 4.78 is 6.97. The standard InChI is InChI=1S/C36H56O2/c1-5-27(22-23-29-16-10-8-11-17-29)24-28(6-2)25-33(37)35(30-18-12-9-13-19-30)36-26(4)31-20-14-15-21-32(31)34(7-3)38-36/h6,8,10-11,16-17,27-28,30-37H,2,4-5,7,9,12-15,18-25H2,1,3H3/t27?,28?,31?,32?,33?,34-,35?,36?/m0/s1. The summed E-state index contributed by atoms with van der Waals surface area (Å²) in [5, 5.41) is 12.0. The van der Waals surface area contributed by atoms with Crippen molar-refractivity contribution in [3.05, 3.63) is 60.7 Å². The fourth-order valence-electron chi connectivity index (χ4n) is 8.36. The molecule has 1 heterocycles. The lowest BCUT2D eigenvalue weighted by atomic mass is 9.64. The number of hydrogen-bond donors (Lipinski definition) is 1. The largest absolute Gasteiger partial charge is 0.393 e. The molecule has 2 heteroatoms. The lowest BCUT2D eigenvalue weighted by molar-refractivity contribution is -0.138. The Hall–Kier alpha value is -1.38. The van der Waals surface area contributed by atoms with E-state index in [2.05, 4.69) is 56.8 Å². The minimum atomic E-state index is -0.355. The minimum Gasteiger partial charge on any atom is -0.393 e. The summed E-state index contributed by atoms with van der Waals surface area (Å²) in [7, 11) is 0. The average molecular weight is 521 g/mol. The number of aryl methyl sites for hydroxylation is 1. The fraction of sp³-hybridized carbons (Fsp3) is 0.722. The third-order valence-electron chi connectivity index (χ3n) is 10.6. The molecule has 2 nitrogen and oxygen atoms in total. The molecule has 0 aromatic heterocycles. The maximum Gasteiger partial charge on any atom is 0.0844 e. The second kappa shape index (κ2) is 14.8. The van der Waals surface area contributed by atoms with Gasteiger partial charge in [0.05, 0.1) is 18.3 Å². The molecule has 8 atom stereocenters. The first-order chi connectivity index (χ1) is 18.5. The summed E-state index contributed by atoms with van der Waals surface area (Å²) in [4.78, 5) is 0. The number of hydrogen-bond acceptors (Lipinski definition) is 2. The molecule has 0 amide bonds. The summed E-state index contributed by atoms with van der Waals surface area (Å²) in [5.74, 6) is 2.95. The second-order valence-electron chi connectivity index (χ2n) is 12.9. The van der Waals surface area contributed by atoms with Crippen molar-refractivity contribution < 1.29 is 9.84 Å². The van der Waals surface area contributed by atoms with Gasteiger partial charge in [0, 0.05) is 5.92 Å². The van der Waals surface area contributed by atoms with Crippen LogP contribution in [0.5, 0.6) is 0 Å². The van der Waals surface area contributed by atoms with Gasteiger partial charge in [-0.2, -0.15) is 0 Å². The highest BCUT2D eigenvalue weighted by Crippen LogP contribution is 2.49. The summed E-state index contributed by atoms with van der Waals surface area (Å²) in [6.07, 6.45) is 20.2. The van der Waals surface area contributed by atoms with E-state index < -0.39 is 0 Å². The predicted octanol–water partition coefficient (Wildman–Crippen LogP) is 9.33. The molecule has 3 fully saturated rings. The molecule has 1 saturated heterocycles. The molecule has 1 aromatic carbocycles. The van der Waals surface area contributed by atoms with E-state index in [0.29, 0.717) is 35.7 Å². The number of fused-ring (bicyclic) bond motifs is 1. The van der Waals surface area contributed by atoms with Gasteiger partial charge < -0.3 is 9.84 Å². The number of ether oxygens (including phenoxy) is 1. The Labute approximate surface area is 234 Å². The molecule has 4 rings (SSSR count). The summed E-state index contributed by atoms with van der Waals surface area (Å²) in [6, 6.07) is 10.9. The van der Waals surface area contributed by atoms with Gasteiger partial charge in [-0.1, -0.05) is 95.4 Å². The Morgan fingerprint density at radius 1 is 0.974 bits per heavy atom. The van der Waals surface area contributed by atoms with Crippen LogP contribution in [-0.4, -0.2) is 23.4 Å². The molecular weight excluding hydrogens is 464 g/mol. The third kappa shape index (κ3) is 7.42. The van der Waals surface area contributed by atoms with E-state index in [4.69, 9.17) is 11.3 Å². The van der Waals surface area contributed by atoms with Crippen molar-refractivity contribution in [2.45, 2.75) is 128 Å². The van der Waals surface area contributed by atoms with Crippen molar-refractivity contribution >= 4 is 0 Å². The summed E-state index contributed by atoms with van der Waals surface area (Å²) >= 11 is 0. The zero-order valence-electron chi connectivity index (χ0n) is 24.5. The first kappa shape index (κ1) is 29.6. The molecule has 3 aliphatic rings. The molecule has 7 unspecified atom stereocenters. The van der Waals surface area contributed by atoms with Gasteiger partial charge in [-0.15, -0.1) is 6.58 Å². The minimum absolute atomic E-state index is 0.0166. The monoisotopic (exact) mass is 520 g/mol. The van der Waals surface area contributed by atoms with Crippen LogP contribution in [0.1, 0.15) is 109 Å². The van der Waals surface area contributed by atoms with Gasteiger partial charge in [-0.25, -0.2) is 0 Å². The molecule has 1 N–H and O–H groups in total. The first-order valence-corrected chi connectivity index (χ1v) is 16.2. The van der Waals surface area contributed by atoms with Gasteiger partial charge >= 0.3 is 0 Å². The highest BCUT2D eigenvalue weighted by atomic mass is 16.5. The van der Waals surface area contributed by atoms with Crippen molar-refractivity contribution in [2.75, 3.05) is 0 Å². The number of allylic oxidation sites excluding steroid dienone is 1. The molecule has 1 aromatic rings. The van der Waals surface area contributed by atoms with E-state index in [-0.39, 0.29) is 18.1 Å². The van der Waals surface area contributed by atoms with E-state index >= 15 is 0 Å². The lowest BCUT2D eigenvalue weighted by Crippen LogP contribution is -2.51. The Morgan fingerprint density at radius 2 is 1.68 bits per heavy atom. The van der Waals surface area contributed by atoms with E-state index in [1.807, 2.05) is 0 Å². The summed E-state index contributed by atoms with van der Waals surface area (Å²) in [6.45, 7) is 13.6. The van der Waals surface area contributed by atoms with Crippen LogP contribution in [0.15, 0.2) is 55.1 Å². The highest BCUT2D eigenvalue weighted by molar-refractivity contribution is 5.18. The molecule has 1 aliphatic heterocycles. The van der Waals surface area contributed by atoms with Crippen molar-refractivity contribution in [3.63, 3.8) is 0 Å². The molecular formula is C36H56O2. The van der Waals surface area contributed by atoms with Crippen LogP contribution in [0.3, 0.4) is 0 Å². The maximum absolute atomic E-state index is 12.0. The highest BCUT2D eigenvalue weighted by Gasteiger charge is 2.47. The SMILES string of the molecule is C=CC(CC(CC)CCc1ccccc1)CC(O)C(C1CCCCC1)C1O[C@@H](CC)C2CCCCC2C1=C. The van der Waals surface area contributed by atoms with Gasteiger partial charge in [-0.05, 0) is 98.5 Å². The van der Waals surface area contributed by atoms with E-state index in [1.165, 1.54) is 81.8 Å². The molecule has 0 radical (unpaired) electrons. The van der Waals surface area contributed by atoms with Gasteiger partial charge in [-0.3, -0.25) is 0 Å². The third-order valence-corrected chi connectivity index (χ3v) is 10.6. The van der Waals surface area contributed by atoms with Crippen LogP contribution in [-0.2, 0) is 11.2 Å². The Morgan fingerprint density at radius 3 is 2.37 bits per heavy atom. The quantitative estimate of drug-likeness (QED) is 0.263. The maximum atomic E-state index is 12.0. The van der Waals surface area contributed by atoms with Crippen LogP contribution >= 0.6 is 0 Å². The van der Waals surface area contributed by atoms with Crippen molar-refractivity contribution in [2.24, 2.45) is 35.5 Å². The summed E-state index contributed by atoms with van der Waals surface area (Å²) in [5.41, 5.74) is 2.75. The van der Waals surface area contributed by atoms with Gasteiger partial charge in [0.2, 0.25) is 0 Å². The molecule has 38 heavy (non-hydrogen) atoms. The number of aliphatic hydroxyl groups excluding tert-OH is 1. The lowest BCUT2D eigenvalue weighted by Gasteiger charge is -2.50. The van der Waals surface area contributed by atoms with Crippen molar-refractivity contribution in [1.82, 2.24) is 0 Å². The van der Waals surface area contributed by atoms with E-state index in [1.54, 1.807) is 0 Å². The van der Waals surface area contributed by atoms with Crippen LogP contribution in [0.4, 0.5) is 0 Å². The number of aliphatic hydroxyl groups is 1. The topological polar surface area (TPSA) is 29.5 Å². The number of rotatable bonds is 13. The predicted molar refractivity (Wildman–Crippen MR) is 161 cm³/mol. The molecule has 0 spiro atoms. The Balaban J connectivity index is 1.46. The second-order valence-corrected chi connectivity index (χ2v) is 12.9. The number of benzene rings is 1. The van der Waals surface area contributed by atoms with Gasteiger partial charge in [0.25, 0.3) is 0 Å². The van der Waals surface area contributed by atoms with Gasteiger partial charge in [0.15, 0.2) is 0 Å². The molecule has 2 aliphatic carbocycles. The Bertz CT molecular complexity index is 840. The molecule has 212 valence electrons. The Kier molecular flexibility index (Phi) is 11.6. The molecule has 2 saturated carbocycles. The zero-order chi connectivity index (χ0) is 26.9. The van der Waals surface area contributed by atoms with Crippen LogP contribution in [0, 0.1) is 35.5 Å². The average Bonchev–Trinajstić information content (AvgIpc) is 2.97. The van der Waals surface area contributed by atoms with Crippen LogP contribution in [0.25, 0.3) is 0 Å². The normalized spacial score (nSPS) is 29.7. The first-order valence-electron chi connectivity index (χ1n) is 16.2. The zero-order valence-corrected chi connectivity index (χ0v) is 24.5. The van der Waals surface area contributed by atoms with E-state index in [0.717, 1.165) is 25.7 Å². The van der Waals surface area contributed by atoms with Gasteiger partial charge in [0.1, 0.15) is 0 Å². The van der Waals surface area contributed by atoms with E-state index in [9.17, 15) is 5.11 Å². The fourth-order valence-corrected chi connectivity index (χ4v) is 8.36.